The molecule has 0 saturated carbocycles. The number of carbonyl (C=O) groups excluding carboxylic acids is 1. The lowest BCUT2D eigenvalue weighted by molar-refractivity contribution is -0.116. The van der Waals surface area contributed by atoms with E-state index in [2.05, 4.69) is 30.4 Å². The summed E-state index contributed by atoms with van der Waals surface area (Å²) in [5.41, 5.74) is -0.976. The molecule has 0 aromatic carbocycles. The van der Waals surface area contributed by atoms with E-state index in [4.69, 9.17) is 19.4 Å². The van der Waals surface area contributed by atoms with Gasteiger partial charge in [0.25, 0.3) is 0 Å². The van der Waals surface area contributed by atoms with Gasteiger partial charge >= 0.3 is 29.2 Å². The second-order valence-electron chi connectivity index (χ2n) is 8.15. The maximum Gasteiger partial charge on any atom is 0.490 e. The number of nitrogens with one attached hydrogen (secondary N) is 1. The Hall–Kier alpha value is -1.36. The minimum absolute atomic E-state index is 0.0537. The van der Waals surface area contributed by atoms with Crippen LogP contribution >= 0.6 is 23.5 Å². The maximum atomic E-state index is 12.4. The van der Waals surface area contributed by atoms with Crippen LogP contribution in [0, 0.1) is 0 Å². The Morgan fingerprint density at radius 2 is 1.71 bits per heavy atom. The number of aliphatic hydroxyl groups is 2. The van der Waals surface area contributed by atoms with Gasteiger partial charge in [0.1, 0.15) is 24.1 Å². The Labute approximate surface area is 216 Å². The number of carbonyl (C=O) groups is 1. The minimum atomic E-state index is -5.75. The molecule has 21 heteroatoms. The van der Waals surface area contributed by atoms with Crippen LogP contribution in [0.1, 0.15) is 51.7 Å². The third kappa shape index (κ3) is 10.7. The topological polar surface area (TPSA) is 273 Å². The second kappa shape index (κ2) is 13.8. The van der Waals surface area contributed by atoms with Gasteiger partial charge in [-0.1, -0.05) is 32.6 Å². The molecule has 1 aromatic rings. The molecule has 0 aliphatic carbocycles. The summed E-state index contributed by atoms with van der Waals surface area (Å²) in [5.74, 6) is -0.396. The smallest absolute Gasteiger partial charge is 0.387 e. The molecule has 1 aliphatic heterocycles. The van der Waals surface area contributed by atoms with E-state index in [9.17, 15) is 38.4 Å². The highest BCUT2D eigenvalue weighted by Crippen LogP contribution is 2.66. The van der Waals surface area contributed by atoms with Gasteiger partial charge in [-0.15, -0.1) is 0 Å². The van der Waals surface area contributed by atoms with E-state index < -0.39 is 60.3 Å². The molecule has 2 rings (SSSR count). The van der Waals surface area contributed by atoms with E-state index >= 15 is 0 Å². The van der Waals surface area contributed by atoms with Gasteiger partial charge < -0.3 is 39.8 Å². The van der Waals surface area contributed by atoms with Crippen molar-refractivity contribution in [3.8, 4) is 0 Å². The van der Waals surface area contributed by atoms with Gasteiger partial charge in [0.15, 0.2) is 6.23 Å². The fraction of sp³-hybridized carbons (Fsp3) is 0.706. The standard InChI is InChI=1S/C17H30N3O15P3/c1-2-3-4-5-6-7-13(21)18-12-8-9-20(17(24)19-12)16-15(23)14(22)11(33-16)10-32-37(28,29)35-38(30,31)34-36(25,26)27/h8-9,11,14-16,22-23H,2-7,10H2,1H3,(H,28,29)(H,30,31)(H2,25,26,27)(H,18,19,21,24)/t11-,14-,15-,16-/m1/s1. The highest BCUT2D eigenvalue weighted by atomic mass is 31.3. The summed E-state index contributed by atoms with van der Waals surface area (Å²) < 4.78 is 51.5. The number of phosphoric acid groups is 3. The molecule has 0 radical (unpaired) electrons. The highest BCUT2D eigenvalue weighted by molar-refractivity contribution is 7.66. The molecule has 1 amide bonds. The van der Waals surface area contributed by atoms with Crippen molar-refractivity contribution in [2.24, 2.45) is 0 Å². The molecule has 0 spiro atoms. The highest BCUT2D eigenvalue weighted by Gasteiger charge is 2.46. The molecule has 38 heavy (non-hydrogen) atoms. The molecule has 218 valence electrons. The number of anilines is 1. The summed E-state index contributed by atoms with van der Waals surface area (Å²) in [6, 6.07) is 1.25. The Balaban J connectivity index is 1.97. The van der Waals surface area contributed by atoms with Crippen LogP contribution in [-0.4, -0.2) is 70.2 Å². The van der Waals surface area contributed by atoms with E-state index in [0.717, 1.165) is 36.4 Å². The largest absolute Gasteiger partial charge is 0.490 e. The second-order valence-corrected chi connectivity index (χ2v) is 12.6. The zero-order valence-electron chi connectivity index (χ0n) is 20.0. The molecule has 2 heterocycles. The van der Waals surface area contributed by atoms with E-state index in [-0.39, 0.29) is 18.1 Å². The normalized spacial score (nSPS) is 25.0. The summed E-state index contributed by atoms with van der Waals surface area (Å²) >= 11 is 0. The molecule has 6 atom stereocenters. The molecular formula is C17H30N3O15P3. The lowest BCUT2D eigenvalue weighted by Gasteiger charge is -2.19. The number of ether oxygens (including phenoxy) is 1. The lowest BCUT2D eigenvalue weighted by atomic mass is 10.1. The molecule has 1 saturated heterocycles. The number of rotatable bonds is 15. The molecular weight excluding hydrogens is 579 g/mol. The minimum Gasteiger partial charge on any atom is -0.387 e. The predicted octanol–water partition coefficient (Wildman–Crippen LogP) is 0.505. The first-order chi connectivity index (χ1) is 17.5. The lowest BCUT2D eigenvalue weighted by Crippen LogP contribution is -2.36. The first-order valence-corrected chi connectivity index (χ1v) is 15.7. The van der Waals surface area contributed by atoms with Crippen LogP contribution in [0.25, 0.3) is 0 Å². The summed E-state index contributed by atoms with van der Waals surface area (Å²) in [6.07, 6.45) is -0.637. The van der Waals surface area contributed by atoms with Crippen LogP contribution in [0.4, 0.5) is 5.82 Å². The Morgan fingerprint density at radius 1 is 1.05 bits per heavy atom. The number of aliphatic hydroxyl groups excluding tert-OH is 2. The number of unbranched alkanes of at least 4 members (excludes halogenated alkanes) is 4. The van der Waals surface area contributed by atoms with Gasteiger partial charge in [0, 0.05) is 12.6 Å². The van der Waals surface area contributed by atoms with E-state index in [1.54, 1.807) is 0 Å². The number of phosphoric ester groups is 1. The molecule has 1 aromatic heterocycles. The van der Waals surface area contributed by atoms with Crippen molar-refractivity contribution in [3.05, 3.63) is 22.7 Å². The first-order valence-electron chi connectivity index (χ1n) is 11.2. The summed E-state index contributed by atoms with van der Waals surface area (Å²) in [5, 5.41) is 22.9. The van der Waals surface area contributed by atoms with E-state index in [1.165, 1.54) is 6.07 Å². The van der Waals surface area contributed by atoms with Crippen LogP contribution in [-0.2, 0) is 36.4 Å². The van der Waals surface area contributed by atoms with Gasteiger partial charge in [-0.3, -0.25) is 13.9 Å². The van der Waals surface area contributed by atoms with Crippen LogP contribution in [0.5, 0.6) is 0 Å². The fourth-order valence-electron chi connectivity index (χ4n) is 3.34. The SMILES string of the molecule is CCCCCCCC(=O)Nc1ccn([C@@H]2O[C@H](COP(=O)(O)OP(=O)(O)OP(=O)(O)O)[C@@H](O)[C@H]2O)c(=O)n1. The average Bonchev–Trinajstić information content (AvgIpc) is 3.04. The van der Waals surface area contributed by atoms with Crippen molar-refractivity contribution in [1.82, 2.24) is 9.55 Å². The molecule has 7 N–H and O–H groups in total. The van der Waals surface area contributed by atoms with Crippen molar-refractivity contribution in [2.75, 3.05) is 11.9 Å². The Bertz CT molecular complexity index is 1160. The van der Waals surface area contributed by atoms with Gasteiger partial charge in [-0.25, -0.2) is 18.5 Å². The van der Waals surface area contributed by atoms with Crippen molar-refractivity contribution in [2.45, 2.75) is 70.0 Å². The number of hydrogen-bond acceptors (Lipinski definition) is 12. The Morgan fingerprint density at radius 3 is 2.32 bits per heavy atom. The molecule has 2 unspecified atom stereocenters. The van der Waals surface area contributed by atoms with Gasteiger partial charge in [0.05, 0.1) is 6.61 Å². The van der Waals surface area contributed by atoms with Crippen LogP contribution in [0.3, 0.4) is 0 Å². The zero-order chi connectivity index (χ0) is 28.7. The van der Waals surface area contributed by atoms with E-state index in [0.29, 0.717) is 6.42 Å². The third-order valence-electron chi connectivity index (χ3n) is 5.03. The predicted molar refractivity (Wildman–Crippen MR) is 126 cm³/mol. The number of nitrogens with zero attached hydrogens (tertiary/aromatic N) is 2. The maximum absolute atomic E-state index is 12.4. The van der Waals surface area contributed by atoms with Crippen molar-refractivity contribution in [3.63, 3.8) is 0 Å². The van der Waals surface area contributed by atoms with Gasteiger partial charge in [0.2, 0.25) is 5.91 Å². The number of aromatic nitrogens is 2. The summed E-state index contributed by atoms with van der Waals surface area (Å²) in [6.45, 7) is 1.02. The summed E-state index contributed by atoms with van der Waals surface area (Å²) in [4.78, 5) is 63.9. The first kappa shape index (κ1) is 32.8. The van der Waals surface area contributed by atoms with Crippen LogP contribution in [0.15, 0.2) is 17.1 Å². The average molecular weight is 609 g/mol. The van der Waals surface area contributed by atoms with Crippen LogP contribution in [0.2, 0.25) is 0 Å². The van der Waals surface area contributed by atoms with Crippen molar-refractivity contribution < 1.29 is 66.2 Å². The number of amides is 1. The Kier molecular flexibility index (Phi) is 11.9. The molecule has 1 fully saturated rings. The van der Waals surface area contributed by atoms with Crippen molar-refractivity contribution in [1.29, 1.82) is 0 Å². The van der Waals surface area contributed by atoms with Crippen LogP contribution < -0.4 is 11.0 Å². The van der Waals surface area contributed by atoms with Crippen molar-refractivity contribution >= 4 is 35.2 Å². The fourth-order valence-corrected chi connectivity index (χ4v) is 6.37. The third-order valence-corrected chi connectivity index (χ3v) is 8.84. The molecule has 18 nitrogen and oxygen atoms in total. The zero-order valence-corrected chi connectivity index (χ0v) is 22.7. The molecule has 0 bridgehead atoms. The molecule has 1 aliphatic rings. The van der Waals surface area contributed by atoms with Gasteiger partial charge in [-0.05, 0) is 12.5 Å². The van der Waals surface area contributed by atoms with Gasteiger partial charge in [-0.2, -0.15) is 13.6 Å². The van der Waals surface area contributed by atoms with E-state index in [1.807, 2.05) is 0 Å². The monoisotopic (exact) mass is 609 g/mol. The quantitative estimate of drug-likeness (QED) is 0.105. The number of hydrogen-bond donors (Lipinski definition) is 7. The summed E-state index contributed by atoms with van der Waals surface area (Å²) in [7, 11) is -16.8.